The van der Waals surface area contributed by atoms with Gasteiger partial charge in [-0.25, -0.2) is 9.67 Å². The van der Waals surface area contributed by atoms with Crippen LogP contribution in [0.2, 0.25) is 0 Å². The van der Waals surface area contributed by atoms with Gasteiger partial charge in [-0.2, -0.15) is 5.10 Å². The third-order valence-corrected chi connectivity index (χ3v) is 2.96. The van der Waals surface area contributed by atoms with Crippen LogP contribution >= 0.6 is 0 Å². The van der Waals surface area contributed by atoms with E-state index in [0.717, 1.165) is 36.6 Å². The zero-order chi connectivity index (χ0) is 13.0. The summed E-state index contributed by atoms with van der Waals surface area (Å²) in [7, 11) is 0. The summed E-state index contributed by atoms with van der Waals surface area (Å²) in [5, 5.41) is 4.53. The van der Waals surface area contributed by atoms with E-state index in [1.54, 1.807) is 0 Å². The maximum Gasteiger partial charge on any atom is 0.151 e. The van der Waals surface area contributed by atoms with Gasteiger partial charge in [0.15, 0.2) is 5.82 Å². The van der Waals surface area contributed by atoms with E-state index in [2.05, 4.69) is 48.2 Å². The Balaban J connectivity index is 2.32. The molecule has 96 valence electrons. The fourth-order valence-corrected chi connectivity index (χ4v) is 1.95. The fourth-order valence-electron chi connectivity index (χ4n) is 1.95. The Morgan fingerprint density at radius 2 is 1.83 bits per heavy atom. The van der Waals surface area contributed by atoms with Crippen LogP contribution in [0.25, 0.3) is 5.69 Å². The summed E-state index contributed by atoms with van der Waals surface area (Å²) in [5.41, 5.74) is 7.88. The van der Waals surface area contributed by atoms with Crippen LogP contribution in [0.1, 0.15) is 31.1 Å². The molecule has 0 aliphatic carbocycles. The molecule has 0 spiro atoms. The van der Waals surface area contributed by atoms with Crippen LogP contribution in [-0.4, -0.2) is 21.3 Å². The Morgan fingerprint density at radius 1 is 1.11 bits per heavy atom. The summed E-state index contributed by atoms with van der Waals surface area (Å²) in [6.45, 7) is 4.86. The SMILES string of the molecule is CCc1nc(CC)n(-c2ccc(CCN)cc2)n1. The first-order valence-corrected chi connectivity index (χ1v) is 6.52. The maximum absolute atomic E-state index is 5.55. The summed E-state index contributed by atoms with van der Waals surface area (Å²) in [6, 6.07) is 8.38. The third-order valence-electron chi connectivity index (χ3n) is 2.96. The van der Waals surface area contributed by atoms with Gasteiger partial charge >= 0.3 is 0 Å². The quantitative estimate of drug-likeness (QED) is 0.874. The molecule has 0 amide bonds. The molecule has 1 heterocycles. The largest absolute Gasteiger partial charge is 0.330 e. The lowest BCUT2D eigenvalue weighted by molar-refractivity contribution is 0.790. The van der Waals surface area contributed by atoms with Crippen LogP contribution in [-0.2, 0) is 19.3 Å². The highest BCUT2D eigenvalue weighted by Crippen LogP contribution is 2.12. The number of nitrogens with zero attached hydrogens (tertiary/aromatic N) is 3. The number of aromatic nitrogens is 3. The van der Waals surface area contributed by atoms with Crippen LogP contribution in [0.5, 0.6) is 0 Å². The first-order valence-electron chi connectivity index (χ1n) is 6.52. The Kier molecular flexibility index (Phi) is 4.10. The Bertz CT molecular complexity index is 499. The molecule has 18 heavy (non-hydrogen) atoms. The number of hydrogen-bond acceptors (Lipinski definition) is 3. The molecule has 0 atom stereocenters. The third kappa shape index (κ3) is 2.59. The zero-order valence-electron chi connectivity index (χ0n) is 11.1. The summed E-state index contributed by atoms with van der Waals surface area (Å²) >= 11 is 0. The van der Waals surface area contributed by atoms with Gasteiger partial charge in [0.2, 0.25) is 0 Å². The molecule has 2 rings (SSSR count). The van der Waals surface area contributed by atoms with Crippen LogP contribution in [0.3, 0.4) is 0 Å². The summed E-state index contributed by atoms with van der Waals surface area (Å²) in [5.74, 6) is 1.91. The van der Waals surface area contributed by atoms with Crippen LogP contribution in [0.4, 0.5) is 0 Å². The van der Waals surface area contributed by atoms with Crippen LogP contribution in [0.15, 0.2) is 24.3 Å². The van der Waals surface area contributed by atoms with Gasteiger partial charge in [0.1, 0.15) is 5.82 Å². The molecule has 4 heteroatoms. The molecule has 4 nitrogen and oxygen atoms in total. The predicted octanol–water partition coefficient (Wildman–Crippen LogP) is 1.89. The fraction of sp³-hybridized carbons (Fsp3) is 0.429. The Morgan fingerprint density at radius 3 is 2.39 bits per heavy atom. The van der Waals surface area contributed by atoms with Crippen molar-refractivity contribution in [2.24, 2.45) is 5.73 Å². The molecular formula is C14H20N4. The minimum absolute atomic E-state index is 0.683. The number of hydrogen-bond donors (Lipinski definition) is 1. The van der Waals surface area contributed by atoms with E-state index in [0.29, 0.717) is 6.54 Å². The van der Waals surface area contributed by atoms with Gasteiger partial charge in [-0.05, 0) is 30.7 Å². The molecule has 1 aromatic carbocycles. The van der Waals surface area contributed by atoms with E-state index in [9.17, 15) is 0 Å². The summed E-state index contributed by atoms with van der Waals surface area (Å²) in [6.07, 6.45) is 2.67. The van der Waals surface area contributed by atoms with Crippen molar-refractivity contribution in [3.05, 3.63) is 41.5 Å². The van der Waals surface area contributed by atoms with Crippen molar-refractivity contribution in [3.8, 4) is 5.69 Å². The molecule has 0 unspecified atom stereocenters. The van der Waals surface area contributed by atoms with E-state index >= 15 is 0 Å². The molecule has 0 fully saturated rings. The lowest BCUT2D eigenvalue weighted by atomic mass is 10.1. The highest BCUT2D eigenvalue weighted by Gasteiger charge is 2.08. The number of nitrogens with two attached hydrogens (primary N) is 1. The number of benzene rings is 1. The van der Waals surface area contributed by atoms with Crippen molar-refractivity contribution < 1.29 is 0 Å². The van der Waals surface area contributed by atoms with Crippen molar-refractivity contribution in [2.45, 2.75) is 33.1 Å². The molecule has 0 saturated heterocycles. The monoisotopic (exact) mass is 244 g/mol. The molecular weight excluding hydrogens is 224 g/mol. The van der Waals surface area contributed by atoms with Crippen LogP contribution < -0.4 is 5.73 Å². The van der Waals surface area contributed by atoms with Gasteiger partial charge in [-0.3, -0.25) is 0 Å². The lowest BCUT2D eigenvalue weighted by Gasteiger charge is -2.05. The van der Waals surface area contributed by atoms with Gasteiger partial charge in [0.25, 0.3) is 0 Å². The van der Waals surface area contributed by atoms with Crippen molar-refractivity contribution >= 4 is 0 Å². The second kappa shape index (κ2) is 5.78. The molecule has 0 bridgehead atoms. The molecule has 2 aromatic rings. The first kappa shape index (κ1) is 12.8. The normalized spacial score (nSPS) is 10.8. The first-order chi connectivity index (χ1) is 8.78. The van der Waals surface area contributed by atoms with Gasteiger partial charge < -0.3 is 5.73 Å². The molecule has 0 saturated carbocycles. The number of aryl methyl sites for hydroxylation is 2. The number of rotatable bonds is 5. The molecule has 0 aliphatic heterocycles. The van der Waals surface area contributed by atoms with Crippen molar-refractivity contribution in [1.82, 2.24) is 14.8 Å². The van der Waals surface area contributed by atoms with E-state index in [-0.39, 0.29) is 0 Å². The summed E-state index contributed by atoms with van der Waals surface area (Å²) in [4.78, 5) is 4.51. The van der Waals surface area contributed by atoms with Gasteiger partial charge in [0, 0.05) is 12.8 Å². The van der Waals surface area contributed by atoms with Gasteiger partial charge in [-0.1, -0.05) is 26.0 Å². The maximum atomic E-state index is 5.55. The van der Waals surface area contributed by atoms with Crippen molar-refractivity contribution in [2.75, 3.05) is 6.54 Å². The minimum atomic E-state index is 0.683. The second-order valence-corrected chi connectivity index (χ2v) is 4.27. The molecule has 2 N–H and O–H groups in total. The van der Waals surface area contributed by atoms with Crippen molar-refractivity contribution in [1.29, 1.82) is 0 Å². The highest BCUT2D eigenvalue weighted by atomic mass is 15.3. The topological polar surface area (TPSA) is 56.7 Å². The Labute approximate surface area is 108 Å². The van der Waals surface area contributed by atoms with Crippen molar-refractivity contribution in [3.63, 3.8) is 0 Å². The summed E-state index contributed by atoms with van der Waals surface area (Å²) < 4.78 is 1.94. The van der Waals surface area contributed by atoms with E-state index in [4.69, 9.17) is 5.73 Å². The van der Waals surface area contributed by atoms with E-state index in [1.165, 1.54) is 5.56 Å². The predicted molar refractivity (Wildman–Crippen MR) is 72.9 cm³/mol. The molecule has 0 radical (unpaired) electrons. The van der Waals surface area contributed by atoms with E-state index in [1.807, 2.05) is 4.68 Å². The average Bonchev–Trinajstić information content (AvgIpc) is 2.83. The van der Waals surface area contributed by atoms with Gasteiger partial charge in [0.05, 0.1) is 5.69 Å². The van der Waals surface area contributed by atoms with E-state index < -0.39 is 0 Å². The average molecular weight is 244 g/mol. The minimum Gasteiger partial charge on any atom is -0.330 e. The van der Waals surface area contributed by atoms with Gasteiger partial charge in [-0.15, -0.1) is 0 Å². The lowest BCUT2D eigenvalue weighted by Crippen LogP contribution is -2.04. The highest BCUT2D eigenvalue weighted by molar-refractivity contribution is 5.35. The standard InChI is InChI=1S/C14H20N4/c1-3-13-16-14(4-2)18(17-13)12-7-5-11(6-8-12)9-10-15/h5-8H,3-4,9-10,15H2,1-2H3. The zero-order valence-corrected chi connectivity index (χ0v) is 11.1. The molecule has 1 aromatic heterocycles. The van der Waals surface area contributed by atoms with Crippen LogP contribution in [0, 0.1) is 0 Å². The second-order valence-electron chi connectivity index (χ2n) is 4.27. The Hall–Kier alpha value is -1.68. The molecule has 0 aliphatic rings. The smallest absolute Gasteiger partial charge is 0.151 e.